The lowest BCUT2D eigenvalue weighted by Crippen LogP contribution is -2.49. The van der Waals surface area contributed by atoms with E-state index in [9.17, 15) is 14.7 Å². The van der Waals surface area contributed by atoms with Gasteiger partial charge >= 0.3 is 6.09 Å². The number of imide groups is 1. The third kappa shape index (κ3) is 7.65. The van der Waals surface area contributed by atoms with Crippen LogP contribution in [0.3, 0.4) is 0 Å². The van der Waals surface area contributed by atoms with Crippen LogP contribution in [0.25, 0.3) is 0 Å². The molecule has 1 aromatic rings. The van der Waals surface area contributed by atoms with Crippen molar-refractivity contribution in [3.63, 3.8) is 0 Å². The Morgan fingerprint density at radius 3 is 2.39 bits per heavy atom. The topological polar surface area (TPSA) is 85.3 Å². The van der Waals surface area contributed by atoms with E-state index in [-0.39, 0.29) is 29.8 Å². The van der Waals surface area contributed by atoms with Crippen molar-refractivity contribution in [3.05, 3.63) is 60.2 Å². The molecule has 8 heteroatoms. The molecule has 38 heavy (non-hydrogen) atoms. The minimum Gasteiger partial charge on any atom is -0.447 e. The lowest BCUT2D eigenvalue weighted by molar-refractivity contribution is -0.135. The predicted molar refractivity (Wildman–Crippen MR) is 153 cm³/mol. The van der Waals surface area contributed by atoms with Crippen LogP contribution in [0.5, 0.6) is 0 Å². The molecule has 1 N–H and O–H groups in total. The first kappa shape index (κ1) is 32.0. The molecular weight excluding hydrogens is 498 g/mol. The Kier molecular flexibility index (Phi) is 11.1. The molecule has 0 unspecified atom stereocenters. The third-order valence-electron chi connectivity index (χ3n) is 7.95. The first-order chi connectivity index (χ1) is 17.6. The van der Waals surface area contributed by atoms with Crippen LogP contribution in [-0.4, -0.2) is 68.4 Å². The van der Waals surface area contributed by atoms with Crippen LogP contribution in [0.2, 0.25) is 18.1 Å². The van der Waals surface area contributed by atoms with Crippen LogP contribution >= 0.6 is 0 Å². The van der Waals surface area contributed by atoms with Crippen LogP contribution in [0.4, 0.5) is 4.79 Å². The van der Waals surface area contributed by atoms with Crippen molar-refractivity contribution in [3.8, 4) is 0 Å². The number of amides is 2. The maximum Gasteiger partial charge on any atom is 0.416 e. The van der Waals surface area contributed by atoms with Gasteiger partial charge in [0.2, 0.25) is 5.91 Å². The number of aliphatic hydroxyl groups is 1. The lowest BCUT2D eigenvalue weighted by atomic mass is 9.91. The normalized spacial score (nSPS) is 20.9. The van der Waals surface area contributed by atoms with Gasteiger partial charge < -0.3 is 19.0 Å². The number of hydrogen-bond acceptors (Lipinski definition) is 6. The van der Waals surface area contributed by atoms with E-state index in [2.05, 4.69) is 40.4 Å². The highest BCUT2D eigenvalue weighted by atomic mass is 28.4. The zero-order valence-corrected chi connectivity index (χ0v) is 25.6. The van der Waals surface area contributed by atoms with Gasteiger partial charge in [-0.25, -0.2) is 9.69 Å². The van der Waals surface area contributed by atoms with Gasteiger partial charge in [-0.05, 0) is 42.6 Å². The Bertz CT molecular complexity index is 986. The molecule has 212 valence electrons. The molecule has 6 atom stereocenters. The van der Waals surface area contributed by atoms with Gasteiger partial charge in [0.25, 0.3) is 0 Å². The minimum atomic E-state index is -2.14. The Morgan fingerprint density at radius 1 is 1.26 bits per heavy atom. The summed E-state index contributed by atoms with van der Waals surface area (Å²) in [6.45, 7) is 20.5. The van der Waals surface area contributed by atoms with Crippen molar-refractivity contribution in [2.45, 2.75) is 90.4 Å². The van der Waals surface area contributed by atoms with Gasteiger partial charge in [0.1, 0.15) is 12.7 Å². The highest BCUT2D eigenvalue weighted by molar-refractivity contribution is 6.74. The van der Waals surface area contributed by atoms with Gasteiger partial charge in [-0.3, -0.25) is 4.79 Å². The smallest absolute Gasteiger partial charge is 0.416 e. The molecule has 2 amide bonds. The fraction of sp³-hybridized carbons (Fsp3) is 0.600. The third-order valence-corrected chi connectivity index (χ3v) is 12.4. The van der Waals surface area contributed by atoms with Crippen LogP contribution in [0, 0.1) is 11.8 Å². The van der Waals surface area contributed by atoms with Crippen molar-refractivity contribution < 1.29 is 28.6 Å². The van der Waals surface area contributed by atoms with Crippen LogP contribution < -0.4 is 0 Å². The second-order valence-electron chi connectivity index (χ2n) is 11.9. The Balaban J connectivity index is 2.22. The lowest BCUT2D eigenvalue weighted by Gasteiger charge is -2.42. The summed E-state index contributed by atoms with van der Waals surface area (Å²) in [5, 5.41) is 11.2. The van der Waals surface area contributed by atoms with Crippen molar-refractivity contribution in [1.29, 1.82) is 0 Å². The number of methoxy groups -OCH3 is 1. The second-order valence-corrected chi connectivity index (χ2v) is 16.7. The highest BCUT2D eigenvalue weighted by Gasteiger charge is 2.43. The van der Waals surface area contributed by atoms with E-state index in [4.69, 9.17) is 13.9 Å². The zero-order valence-electron chi connectivity index (χ0n) is 24.6. The van der Waals surface area contributed by atoms with Crippen LogP contribution in [0.15, 0.2) is 54.6 Å². The molecule has 0 aromatic heterocycles. The van der Waals surface area contributed by atoms with E-state index in [1.165, 1.54) is 4.90 Å². The maximum atomic E-state index is 13.4. The predicted octanol–water partition coefficient (Wildman–Crippen LogP) is 5.75. The summed E-state index contributed by atoms with van der Waals surface area (Å²) in [6, 6.07) is 9.26. The molecule has 1 aliphatic rings. The van der Waals surface area contributed by atoms with Crippen molar-refractivity contribution in [2.75, 3.05) is 13.7 Å². The molecular formula is C30H47NO6Si. The average Bonchev–Trinajstić information content (AvgIpc) is 3.21. The monoisotopic (exact) mass is 545 g/mol. The molecule has 1 aliphatic heterocycles. The first-order valence-corrected chi connectivity index (χ1v) is 16.3. The van der Waals surface area contributed by atoms with Gasteiger partial charge in [0.05, 0.1) is 24.2 Å². The number of benzene rings is 1. The van der Waals surface area contributed by atoms with Gasteiger partial charge in [-0.1, -0.05) is 77.1 Å². The number of cyclic esters (lactones) is 1. The molecule has 0 radical (unpaired) electrons. The number of nitrogens with zero attached hydrogens (tertiary/aromatic N) is 1. The fourth-order valence-electron chi connectivity index (χ4n) is 4.48. The fourth-order valence-corrected chi connectivity index (χ4v) is 5.86. The van der Waals surface area contributed by atoms with E-state index in [0.717, 1.165) is 5.56 Å². The quantitative estimate of drug-likeness (QED) is 0.266. The molecule has 0 spiro atoms. The summed E-state index contributed by atoms with van der Waals surface area (Å²) in [5.41, 5.74) is 1.64. The molecule has 1 saturated heterocycles. The maximum absolute atomic E-state index is 13.4. The molecule has 1 aromatic carbocycles. The van der Waals surface area contributed by atoms with E-state index in [1.807, 2.05) is 43.3 Å². The summed E-state index contributed by atoms with van der Waals surface area (Å²) in [6.07, 6.45) is 1.79. The summed E-state index contributed by atoms with van der Waals surface area (Å²) in [4.78, 5) is 27.1. The molecule has 0 aliphatic carbocycles. The molecule has 0 saturated carbocycles. The Labute approximate surface area is 230 Å². The van der Waals surface area contributed by atoms with Gasteiger partial charge in [0, 0.05) is 13.0 Å². The van der Waals surface area contributed by atoms with E-state index in [1.54, 1.807) is 27.0 Å². The number of carbonyl (C=O) groups excluding carboxylic acids is 2. The summed E-state index contributed by atoms with van der Waals surface area (Å²) in [5.74, 6) is -1.41. The van der Waals surface area contributed by atoms with Gasteiger partial charge in [-0.2, -0.15) is 0 Å². The van der Waals surface area contributed by atoms with E-state index < -0.39 is 38.4 Å². The summed E-state index contributed by atoms with van der Waals surface area (Å²) >= 11 is 0. The van der Waals surface area contributed by atoms with Crippen molar-refractivity contribution in [2.24, 2.45) is 11.8 Å². The van der Waals surface area contributed by atoms with E-state index in [0.29, 0.717) is 12.0 Å². The first-order valence-electron chi connectivity index (χ1n) is 13.4. The Morgan fingerprint density at radius 2 is 1.87 bits per heavy atom. The SMILES string of the molecule is C=C[C@H](OC)[C@@H](O[Si](C)(C)C(C)(C)C)[C@H](C)C=C(C)[C@H](O)[C@H](C)C(=O)N1C(=O)OC[C@H]1Cc1ccccc1. The number of rotatable bonds is 12. The number of carbonyl (C=O) groups is 2. The summed E-state index contributed by atoms with van der Waals surface area (Å²) in [7, 11) is -0.508. The van der Waals surface area contributed by atoms with E-state index >= 15 is 0 Å². The van der Waals surface area contributed by atoms with Crippen molar-refractivity contribution >= 4 is 20.3 Å². The number of ether oxygens (including phenoxy) is 2. The molecule has 2 rings (SSSR count). The standard InChI is InChI=1S/C30H47NO6Si/c1-11-25(35-8)27(37-38(9,10)30(5,6)7)21(3)17-20(2)26(32)22(4)28(33)31-24(19-36-29(31)34)18-23-15-13-12-14-16-23/h11-17,21-22,24-27,32H,1,18-19H2,2-10H3/t21-,22+,24-,25+,26+,27+/m1/s1. The average molecular weight is 546 g/mol. The Hall–Kier alpha value is -2.26. The molecule has 1 heterocycles. The summed E-state index contributed by atoms with van der Waals surface area (Å²) < 4.78 is 17.6. The van der Waals surface area contributed by atoms with Crippen LogP contribution in [-0.2, 0) is 25.1 Å². The van der Waals surface area contributed by atoms with Crippen molar-refractivity contribution in [1.82, 2.24) is 4.90 Å². The van der Waals surface area contributed by atoms with Gasteiger partial charge in [0.15, 0.2) is 8.32 Å². The number of hydrogen-bond donors (Lipinski definition) is 1. The largest absolute Gasteiger partial charge is 0.447 e. The highest BCUT2D eigenvalue weighted by Crippen LogP contribution is 2.39. The molecule has 1 fully saturated rings. The molecule has 0 bridgehead atoms. The molecule has 7 nitrogen and oxygen atoms in total. The zero-order chi connectivity index (χ0) is 28.8. The second kappa shape index (κ2) is 13.2. The van der Waals surface area contributed by atoms with Gasteiger partial charge in [-0.15, -0.1) is 6.58 Å². The number of aliphatic hydroxyl groups excluding tert-OH is 1. The van der Waals surface area contributed by atoms with Crippen LogP contribution in [0.1, 0.15) is 47.1 Å². The minimum absolute atomic E-state index is 0.00423.